The normalized spacial score (nSPS) is 16.9. The number of aromatic nitrogens is 1. The fourth-order valence-corrected chi connectivity index (χ4v) is 4.88. The van der Waals surface area contributed by atoms with E-state index in [0.29, 0.717) is 5.11 Å². The molecule has 5 rings (SSSR count). The third-order valence-electron chi connectivity index (χ3n) is 6.59. The molecule has 2 aliphatic heterocycles. The number of anilines is 2. The first-order chi connectivity index (χ1) is 15.7. The van der Waals surface area contributed by atoms with E-state index in [1.807, 2.05) is 12.3 Å². The smallest absolute Gasteiger partial charge is 0.170 e. The van der Waals surface area contributed by atoms with Crippen molar-refractivity contribution < 1.29 is 4.74 Å². The highest BCUT2D eigenvalue weighted by Gasteiger charge is 2.34. The Morgan fingerprint density at radius 2 is 1.62 bits per heavy atom. The molecule has 6 heteroatoms. The van der Waals surface area contributed by atoms with Crippen LogP contribution in [0, 0.1) is 0 Å². The van der Waals surface area contributed by atoms with Crippen LogP contribution in [0.4, 0.5) is 11.5 Å². The number of pyridine rings is 1. The van der Waals surface area contributed by atoms with Crippen LogP contribution in [0.2, 0.25) is 0 Å². The van der Waals surface area contributed by atoms with E-state index < -0.39 is 0 Å². The lowest BCUT2D eigenvalue weighted by molar-refractivity contribution is 0.0515. The van der Waals surface area contributed by atoms with Crippen molar-refractivity contribution in [2.45, 2.75) is 31.3 Å². The van der Waals surface area contributed by atoms with E-state index in [1.165, 1.54) is 16.7 Å². The van der Waals surface area contributed by atoms with Crippen molar-refractivity contribution >= 4 is 28.8 Å². The van der Waals surface area contributed by atoms with Crippen LogP contribution >= 0.6 is 12.2 Å². The van der Waals surface area contributed by atoms with Gasteiger partial charge in [0.05, 0.1) is 11.9 Å². The van der Waals surface area contributed by atoms with Crippen molar-refractivity contribution in [3.63, 3.8) is 0 Å². The van der Waals surface area contributed by atoms with Gasteiger partial charge in [-0.15, -0.1) is 0 Å². The monoisotopic (exact) mass is 444 g/mol. The number of nitrogens with zero attached hydrogens (tertiary/aromatic N) is 2. The van der Waals surface area contributed by atoms with E-state index >= 15 is 0 Å². The minimum Gasteiger partial charge on any atom is -0.381 e. The van der Waals surface area contributed by atoms with Crippen LogP contribution in [0.15, 0.2) is 72.9 Å². The predicted molar refractivity (Wildman–Crippen MR) is 133 cm³/mol. The number of rotatable bonds is 5. The molecule has 0 radical (unpaired) electrons. The summed E-state index contributed by atoms with van der Waals surface area (Å²) in [6.45, 7) is 4.15. The molecule has 1 fully saturated rings. The molecular formula is C26H28N4OS. The SMILES string of the molecule is S=C(NCC1(c2ccccc2)CCOCC1)Nc1ccc(N2Cc3ccccc3C2)nc1. The summed E-state index contributed by atoms with van der Waals surface area (Å²) in [6.07, 6.45) is 3.83. The van der Waals surface area contributed by atoms with Gasteiger partial charge in [0.2, 0.25) is 0 Å². The van der Waals surface area contributed by atoms with Crippen LogP contribution < -0.4 is 15.5 Å². The maximum absolute atomic E-state index is 5.63. The van der Waals surface area contributed by atoms with E-state index in [1.54, 1.807) is 0 Å². The molecule has 0 amide bonds. The van der Waals surface area contributed by atoms with Crippen molar-refractivity contribution in [2.24, 2.45) is 0 Å². The number of nitrogens with one attached hydrogen (secondary N) is 2. The molecule has 3 heterocycles. The molecule has 1 aromatic heterocycles. The fraction of sp³-hybridized carbons (Fsp3) is 0.308. The summed E-state index contributed by atoms with van der Waals surface area (Å²) in [5, 5.41) is 7.36. The van der Waals surface area contributed by atoms with Crippen molar-refractivity contribution in [3.8, 4) is 0 Å². The summed E-state index contributed by atoms with van der Waals surface area (Å²) in [7, 11) is 0. The first-order valence-corrected chi connectivity index (χ1v) is 11.6. The molecule has 164 valence electrons. The summed E-state index contributed by atoms with van der Waals surface area (Å²) in [6, 6.07) is 23.4. The number of thiocarbonyl (C=S) groups is 1. The highest BCUT2D eigenvalue weighted by atomic mass is 32.1. The van der Waals surface area contributed by atoms with Crippen LogP contribution in [0.1, 0.15) is 29.5 Å². The Morgan fingerprint density at radius 1 is 0.938 bits per heavy atom. The Morgan fingerprint density at radius 3 is 2.28 bits per heavy atom. The van der Waals surface area contributed by atoms with Gasteiger partial charge in [0.15, 0.2) is 5.11 Å². The maximum atomic E-state index is 5.63. The average Bonchev–Trinajstić information content (AvgIpc) is 3.29. The van der Waals surface area contributed by atoms with Gasteiger partial charge in [0.1, 0.15) is 5.82 Å². The second-order valence-electron chi connectivity index (χ2n) is 8.60. The second kappa shape index (κ2) is 9.27. The zero-order valence-corrected chi connectivity index (χ0v) is 18.9. The zero-order chi connectivity index (χ0) is 21.8. The lowest BCUT2D eigenvalue weighted by atomic mass is 9.74. The van der Waals surface area contributed by atoms with Gasteiger partial charge >= 0.3 is 0 Å². The lowest BCUT2D eigenvalue weighted by Gasteiger charge is -2.38. The number of hydrogen-bond donors (Lipinski definition) is 2. The van der Waals surface area contributed by atoms with Crippen LogP contribution in [0.3, 0.4) is 0 Å². The molecule has 1 saturated heterocycles. The highest BCUT2D eigenvalue weighted by Crippen LogP contribution is 2.34. The second-order valence-corrected chi connectivity index (χ2v) is 9.00. The zero-order valence-electron chi connectivity index (χ0n) is 18.1. The Kier molecular flexibility index (Phi) is 6.06. The van der Waals surface area contributed by atoms with Gasteiger partial charge in [-0.05, 0) is 53.9 Å². The Hall–Kier alpha value is -2.96. The lowest BCUT2D eigenvalue weighted by Crippen LogP contribution is -2.45. The molecule has 2 aromatic carbocycles. The summed E-state index contributed by atoms with van der Waals surface area (Å²) < 4.78 is 5.63. The van der Waals surface area contributed by atoms with E-state index in [2.05, 4.69) is 81.2 Å². The molecule has 0 atom stereocenters. The van der Waals surface area contributed by atoms with E-state index in [4.69, 9.17) is 17.0 Å². The van der Waals surface area contributed by atoms with Crippen molar-refractivity contribution in [1.29, 1.82) is 0 Å². The van der Waals surface area contributed by atoms with Crippen LogP contribution in [-0.2, 0) is 23.2 Å². The van der Waals surface area contributed by atoms with Gasteiger partial charge in [-0.1, -0.05) is 54.6 Å². The first kappa shape index (κ1) is 20.9. The minimum atomic E-state index is 0.0398. The largest absolute Gasteiger partial charge is 0.381 e. The van der Waals surface area contributed by atoms with Crippen LogP contribution in [-0.4, -0.2) is 29.9 Å². The maximum Gasteiger partial charge on any atom is 0.170 e. The first-order valence-electron chi connectivity index (χ1n) is 11.2. The Labute approximate surface area is 194 Å². The number of hydrogen-bond acceptors (Lipinski definition) is 4. The molecule has 5 nitrogen and oxygen atoms in total. The quantitative estimate of drug-likeness (QED) is 0.560. The molecular weight excluding hydrogens is 416 g/mol. The topological polar surface area (TPSA) is 49.4 Å². The number of fused-ring (bicyclic) bond motifs is 1. The van der Waals surface area contributed by atoms with Gasteiger partial charge in [-0.25, -0.2) is 4.98 Å². The summed E-state index contributed by atoms with van der Waals surface area (Å²) in [5.74, 6) is 0.982. The third-order valence-corrected chi connectivity index (χ3v) is 6.84. The number of benzene rings is 2. The molecule has 0 saturated carbocycles. The summed E-state index contributed by atoms with van der Waals surface area (Å²) in [5.41, 5.74) is 5.03. The van der Waals surface area contributed by atoms with Crippen molar-refractivity contribution in [3.05, 3.63) is 89.6 Å². The van der Waals surface area contributed by atoms with E-state index in [0.717, 1.165) is 57.2 Å². The van der Waals surface area contributed by atoms with Crippen LogP contribution in [0.5, 0.6) is 0 Å². The van der Waals surface area contributed by atoms with E-state index in [9.17, 15) is 0 Å². The summed E-state index contributed by atoms with van der Waals surface area (Å²) in [4.78, 5) is 6.96. The third kappa shape index (κ3) is 4.47. The Balaban J connectivity index is 1.19. The van der Waals surface area contributed by atoms with Gasteiger partial charge in [0.25, 0.3) is 0 Å². The van der Waals surface area contributed by atoms with Crippen molar-refractivity contribution in [1.82, 2.24) is 10.3 Å². The van der Waals surface area contributed by atoms with Crippen LogP contribution in [0.25, 0.3) is 0 Å². The van der Waals surface area contributed by atoms with Gasteiger partial charge in [0, 0.05) is 38.3 Å². The molecule has 0 aliphatic carbocycles. The van der Waals surface area contributed by atoms with Gasteiger partial charge in [-0.3, -0.25) is 0 Å². The molecule has 2 aliphatic rings. The highest BCUT2D eigenvalue weighted by molar-refractivity contribution is 7.80. The fourth-order valence-electron chi connectivity index (χ4n) is 4.69. The molecule has 2 N–H and O–H groups in total. The van der Waals surface area contributed by atoms with E-state index in [-0.39, 0.29) is 5.41 Å². The molecule has 0 spiro atoms. The Bertz CT molecular complexity index is 1040. The predicted octanol–water partition coefficient (Wildman–Crippen LogP) is 4.64. The molecule has 0 unspecified atom stereocenters. The minimum absolute atomic E-state index is 0.0398. The molecule has 3 aromatic rings. The molecule has 0 bridgehead atoms. The van der Waals surface area contributed by atoms with Gasteiger partial charge in [-0.2, -0.15) is 0 Å². The van der Waals surface area contributed by atoms with Gasteiger partial charge < -0.3 is 20.3 Å². The summed E-state index contributed by atoms with van der Waals surface area (Å²) >= 11 is 5.60. The molecule has 32 heavy (non-hydrogen) atoms. The standard InChI is InChI=1S/C26H28N4OS/c32-25(28-19-26(12-14-31-15-13-26)22-8-2-1-3-9-22)29-23-10-11-24(27-16-23)30-17-20-6-4-5-7-21(20)18-30/h1-11,16H,12-15,17-19H2,(H2,28,29,32). The number of ether oxygens (including phenoxy) is 1. The average molecular weight is 445 g/mol. The van der Waals surface area contributed by atoms with Crippen molar-refractivity contribution in [2.75, 3.05) is 30.0 Å².